The van der Waals surface area contributed by atoms with Crippen LogP contribution >= 0.6 is 0 Å². The number of rotatable bonds is 16. The van der Waals surface area contributed by atoms with Crippen molar-refractivity contribution in [3.63, 3.8) is 0 Å². The van der Waals surface area contributed by atoms with Gasteiger partial charge in [-0.1, -0.05) is 84.6 Å². The molecular weight excluding hydrogens is 304 g/mol. The largest absolute Gasteiger partial charge is 0.462 e. The first-order valence-electron chi connectivity index (χ1n) is 9.66. The molecule has 0 saturated heterocycles. The van der Waals surface area contributed by atoms with Crippen LogP contribution in [0.1, 0.15) is 90.9 Å². The number of ether oxygens (including phenoxy) is 2. The van der Waals surface area contributed by atoms with Crippen molar-refractivity contribution < 1.29 is 19.1 Å². The molecule has 4 heteroatoms. The van der Waals surface area contributed by atoms with E-state index in [0.29, 0.717) is 13.2 Å². The second-order valence-corrected chi connectivity index (χ2v) is 6.29. The normalized spacial score (nSPS) is 10.4. The molecule has 0 atom stereocenters. The summed E-state index contributed by atoms with van der Waals surface area (Å²) in [6.07, 6.45) is 13.5. The first-order valence-corrected chi connectivity index (χ1v) is 9.66. The number of esters is 2. The van der Waals surface area contributed by atoms with E-state index in [1.807, 2.05) is 0 Å². The van der Waals surface area contributed by atoms with Crippen LogP contribution in [0.5, 0.6) is 0 Å². The minimum absolute atomic E-state index is 0.202. The zero-order chi connectivity index (χ0) is 18.0. The van der Waals surface area contributed by atoms with E-state index in [1.165, 1.54) is 38.5 Å². The molecule has 0 aliphatic carbocycles. The molecule has 0 radical (unpaired) electrons. The van der Waals surface area contributed by atoms with Crippen molar-refractivity contribution in [1.29, 1.82) is 0 Å². The van der Waals surface area contributed by atoms with Crippen LogP contribution in [0, 0.1) is 0 Å². The van der Waals surface area contributed by atoms with Gasteiger partial charge < -0.3 is 9.47 Å². The second kappa shape index (κ2) is 16.5. The molecule has 0 spiro atoms. The number of hydrogen-bond acceptors (Lipinski definition) is 4. The van der Waals surface area contributed by atoms with Crippen LogP contribution in [0.2, 0.25) is 0 Å². The first-order chi connectivity index (χ1) is 11.6. The van der Waals surface area contributed by atoms with Crippen LogP contribution in [0.4, 0.5) is 0 Å². The predicted molar refractivity (Wildman–Crippen MR) is 97.8 cm³/mol. The molecule has 0 aromatic rings. The Bertz CT molecular complexity index is 318. The van der Waals surface area contributed by atoms with Gasteiger partial charge in [0.15, 0.2) is 0 Å². The van der Waals surface area contributed by atoms with Gasteiger partial charge in [0.1, 0.15) is 5.57 Å². The van der Waals surface area contributed by atoms with Gasteiger partial charge in [-0.05, 0) is 12.8 Å². The van der Waals surface area contributed by atoms with Crippen molar-refractivity contribution >= 4 is 11.9 Å². The number of unbranched alkanes of at least 4 members (excludes halogenated alkanes) is 10. The molecule has 4 nitrogen and oxygen atoms in total. The maximum absolute atomic E-state index is 11.7. The van der Waals surface area contributed by atoms with Crippen molar-refractivity contribution in [3.05, 3.63) is 12.2 Å². The Morgan fingerprint density at radius 1 is 0.625 bits per heavy atom. The fourth-order valence-corrected chi connectivity index (χ4v) is 2.35. The zero-order valence-corrected chi connectivity index (χ0v) is 15.7. The molecule has 0 N–H and O–H groups in total. The van der Waals surface area contributed by atoms with Crippen LogP contribution in [-0.2, 0) is 19.1 Å². The van der Waals surface area contributed by atoms with Crippen molar-refractivity contribution in [2.45, 2.75) is 90.9 Å². The van der Waals surface area contributed by atoms with Crippen LogP contribution < -0.4 is 0 Å². The van der Waals surface area contributed by atoms with Crippen molar-refractivity contribution in [2.24, 2.45) is 0 Å². The summed E-state index contributed by atoms with van der Waals surface area (Å²) in [5, 5.41) is 0. The Hall–Kier alpha value is -1.32. The van der Waals surface area contributed by atoms with Crippen LogP contribution in [0.25, 0.3) is 0 Å². The third-order valence-electron chi connectivity index (χ3n) is 3.95. The van der Waals surface area contributed by atoms with E-state index in [-0.39, 0.29) is 5.57 Å². The number of carbonyl (C=O) groups excluding carboxylic acids is 2. The third-order valence-corrected chi connectivity index (χ3v) is 3.95. The van der Waals surface area contributed by atoms with E-state index >= 15 is 0 Å². The average Bonchev–Trinajstić information content (AvgIpc) is 2.59. The van der Waals surface area contributed by atoms with Gasteiger partial charge in [-0.25, -0.2) is 9.59 Å². The fourth-order valence-electron chi connectivity index (χ4n) is 2.35. The maximum Gasteiger partial charge on any atom is 0.344 e. The Balaban J connectivity index is 3.61. The lowest BCUT2D eigenvalue weighted by Gasteiger charge is -2.08. The van der Waals surface area contributed by atoms with E-state index < -0.39 is 11.9 Å². The van der Waals surface area contributed by atoms with E-state index in [1.54, 1.807) is 0 Å². The summed E-state index contributed by atoms with van der Waals surface area (Å²) in [6, 6.07) is 0. The standard InChI is InChI=1S/C20H36O4/c1-4-6-8-10-12-14-16-23-19(21)18(3)20(22)24-17-15-13-11-9-7-5-2/h3-17H2,1-2H3. The molecular formula is C20H36O4. The highest BCUT2D eigenvalue weighted by Gasteiger charge is 2.18. The Morgan fingerprint density at radius 2 is 0.958 bits per heavy atom. The maximum atomic E-state index is 11.7. The molecule has 0 fully saturated rings. The summed E-state index contributed by atoms with van der Waals surface area (Å²) in [5.41, 5.74) is -0.202. The molecule has 0 saturated carbocycles. The molecule has 0 aromatic heterocycles. The summed E-state index contributed by atoms with van der Waals surface area (Å²) in [4.78, 5) is 23.4. The van der Waals surface area contributed by atoms with Gasteiger partial charge in [-0.2, -0.15) is 0 Å². The molecule has 0 rings (SSSR count). The van der Waals surface area contributed by atoms with E-state index in [9.17, 15) is 9.59 Å². The highest BCUT2D eigenvalue weighted by molar-refractivity contribution is 6.13. The van der Waals surface area contributed by atoms with Gasteiger partial charge >= 0.3 is 11.9 Å². The molecule has 140 valence electrons. The third kappa shape index (κ3) is 13.1. The molecule has 0 amide bonds. The zero-order valence-electron chi connectivity index (χ0n) is 15.7. The summed E-state index contributed by atoms with van der Waals surface area (Å²) in [5.74, 6) is -1.31. The van der Waals surface area contributed by atoms with E-state index in [2.05, 4.69) is 20.4 Å². The van der Waals surface area contributed by atoms with Crippen molar-refractivity contribution in [2.75, 3.05) is 13.2 Å². The lowest BCUT2D eigenvalue weighted by molar-refractivity contribution is -0.147. The fraction of sp³-hybridized carbons (Fsp3) is 0.800. The van der Waals surface area contributed by atoms with Crippen LogP contribution in [-0.4, -0.2) is 25.2 Å². The van der Waals surface area contributed by atoms with Gasteiger partial charge in [0, 0.05) is 0 Å². The monoisotopic (exact) mass is 340 g/mol. The number of carbonyl (C=O) groups is 2. The molecule has 0 aliphatic heterocycles. The van der Waals surface area contributed by atoms with Gasteiger partial charge in [0.25, 0.3) is 0 Å². The van der Waals surface area contributed by atoms with E-state index in [0.717, 1.165) is 38.5 Å². The summed E-state index contributed by atoms with van der Waals surface area (Å²) < 4.78 is 10.1. The number of hydrogen-bond donors (Lipinski definition) is 0. The Kier molecular flexibility index (Phi) is 15.6. The molecule has 0 unspecified atom stereocenters. The van der Waals surface area contributed by atoms with Gasteiger partial charge in [-0.3, -0.25) is 0 Å². The molecule has 0 bridgehead atoms. The Labute approximate surface area is 148 Å². The van der Waals surface area contributed by atoms with E-state index in [4.69, 9.17) is 9.47 Å². The smallest absolute Gasteiger partial charge is 0.344 e. The molecule has 24 heavy (non-hydrogen) atoms. The first kappa shape index (κ1) is 22.7. The summed E-state index contributed by atoms with van der Waals surface area (Å²) >= 11 is 0. The summed E-state index contributed by atoms with van der Waals surface area (Å²) in [6.45, 7) is 8.53. The van der Waals surface area contributed by atoms with Gasteiger partial charge in [-0.15, -0.1) is 0 Å². The van der Waals surface area contributed by atoms with Gasteiger partial charge in [0.05, 0.1) is 13.2 Å². The molecule has 0 aromatic carbocycles. The molecule has 0 aliphatic rings. The van der Waals surface area contributed by atoms with Gasteiger partial charge in [0.2, 0.25) is 0 Å². The predicted octanol–water partition coefficient (Wildman–Crippen LogP) is 5.35. The lowest BCUT2D eigenvalue weighted by atomic mass is 10.1. The Morgan fingerprint density at radius 3 is 1.33 bits per heavy atom. The minimum atomic E-state index is -0.656. The quantitative estimate of drug-likeness (QED) is 0.125. The highest BCUT2D eigenvalue weighted by Crippen LogP contribution is 2.08. The summed E-state index contributed by atoms with van der Waals surface area (Å²) in [7, 11) is 0. The average molecular weight is 341 g/mol. The topological polar surface area (TPSA) is 52.6 Å². The van der Waals surface area contributed by atoms with Crippen molar-refractivity contribution in [1.82, 2.24) is 0 Å². The van der Waals surface area contributed by atoms with Crippen LogP contribution in [0.3, 0.4) is 0 Å². The minimum Gasteiger partial charge on any atom is -0.462 e. The SMILES string of the molecule is C=C(C(=O)OCCCCCCCC)C(=O)OCCCCCCCC. The van der Waals surface area contributed by atoms with Crippen molar-refractivity contribution in [3.8, 4) is 0 Å². The lowest BCUT2D eigenvalue weighted by Crippen LogP contribution is -2.18. The second-order valence-electron chi connectivity index (χ2n) is 6.29. The molecule has 0 heterocycles. The van der Waals surface area contributed by atoms with Crippen LogP contribution in [0.15, 0.2) is 12.2 Å². The highest BCUT2D eigenvalue weighted by atomic mass is 16.6.